The summed E-state index contributed by atoms with van der Waals surface area (Å²) in [5.74, 6) is 0.989. The average molecular weight is 287 g/mol. The number of aliphatic hydroxyl groups excluding tert-OH is 1. The summed E-state index contributed by atoms with van der Waals surface area (Å²) in [6.07, 6.45) is 0. The van der Waals surface area contributed by atoms with Crippen LogP contribution in [0.5, 0.6) is 11.5 Å². The Labute approximate surface area is 112 Å². The van der Waals surface area contributed by atoms with Crippen molar-refractivity contribution in [3.63, 3.8) is 0 Å². The molecule has 0 aliphatic carbocycles. The molecule has 1 aromatic carbocycles. The number of hydrogen-bond acceptors (Lipinski definition) is 5. The molecule has 0 aromatic heterocycles. The predicted octanol–water partition coefficient (Wildman–Crippen LogP) is 0.461. The van der Waals surface area contributed by atoms with E-state index in [2.05, 4.69) is 0 Å². The summed E-state index contributed by atoms with van der Waals surface area (Å²) in [7, 11) is -3.61. The van der Waals surface area contributed by atoms with Gasteiger partial charge in [-0.2, -0.15) is 4.31 Å². The molecule has 0 saturated heterocycles. The molecule has 106 valence electrons. The Morgan fingerprint density at radius 2 is 1.95 bits per heavy atom. The van der Waals surface area contributed by atoms with Crippen LogP contribution >= 0.6 is 0 Å². The van der Waals surface area contributed by atoms with Crippen LogP contribution in [0.2, 0.25) is 0 Å². The molecule has 1 N–H and O–H groups in total. The van der Waals surface area contributed by atoms with Gasteiger partial charge in [0, 0.05) is 19.2 Å². The van der Waals surface area contributed by atoms with E-state index in [-0.39, 0.29) is 18.0 Å². The van der Waals surface area contributed by atoms with Gasteiger partial charge in [0.1, 0.15) is 13.2 Å². The molecule has 0 bridgehead atoms. The fourth-order valence-electron chi connectivity index (χ4n) is 1.89. The van der Waals surface area contributed by atoms with Crippen molar-refractivity contribution < 1.29 is 23.0 Å². The van der Waals surface area contributed by atoms with Gasteiger partial charge in [-0.1, -0.05) is 6.92 Å². The lowest BCUT2D eigenvalue weighted by molar-refractivity contribution is 0.171. The summed E-state index contributed by atoms with van der Waals surface area (Å²) in [5.41, 5.74) is 0. The maximum absolute atomic E-state index is 12.4. The normalized spacial score (nSPS) is 14.7. The van der Waals surface area contributed by atoms with Gasteiger partial charge in [0.2, 0.25) is 10.0 Å². The number of sulfonamides is 1. The molecular weight excluding hydrogens is 270 g/mol. The second kappa shape index (κ2) is 5.77. The van der Waals surface area contributed by atoms with E-state index in [9.17, 15) is 8.42 Å². The Morgan fingerprint density at radius 3 is 2.58 bits per heavy atom. The van der Waals surface area contributed by atoms with Gasteiger partial charge in [0.25, 0.3) is 0 Å². The smallest absolute Gasteiger partial charge is 0.243 e. The zero-order valence-corrected chi connectivity index (χ0v) is 11.5. The van der Waals surface area contributed by atoms with E-state index in [0.29, 0.717) is 31.3 Å². The van der Waals surface area contributed by atoms with Crippen LogP contribution in [-0.4, -0.2) is 50.7 Å². The summed E-state index contributed by atoms with van der Waals surface area (Å²) >= 11 is 0. The number of aliphatic hydroxyl groups is 1. The van der Waals surface area contributed by atoms with Crippen molar-refractivity contribution in [3.8, 4) is 11.5 Å². The monoisotopic (exact) mass is 287 g/mol. The van der Waals surface area contributed by atoms with Crippen LogP contribution in [0.15, 0.2) is 23.1 Å². The zero-order valence-electron chi connectivity index (χ0n) is 10.7. The molecule has 0 saturated carbocycles. The molecule has 0 atom stereocenters. The first-order valence-electron chi connectivity index (χ1n) is 6.10. The molecule has 6 nitrogen and oxygen atoms in total. The van der Waals surface area contributed by atoms with Gasteiger partial charge < -0.3 is 14.6 Å². The standard InChI is InChI=1S/C12H17NO5S/c1-2-13(5-6-14)19(15,16)10-3-4-11-12(9-10)18-8-7-17-11/h3-4,9,14H,2,5-8H2,1H3. The molecule has 2 rings (SSSR count). The zero-order chi connectivity index (χ0) is 13.9. The molecule has 0 radical (unpaired) electrons. The lowest BCUT2D eigenvalue weighted by atomic mass is 10.3. The van der Waals surface area contributed by atoms with Crippen molar-refractivity contribution in [1.29, 1.82) is 0 Å². The Hall–Kier alpha value is -1.31. The first-order chi connectivity index (χ1) is 9.09. The number of benzene rings is 1. The van der Waals surface area contributed by atoms with Crippen LogP contribution in [0.1, 0.15) is 6.92 Å². The van der Waals surface area contributed by atoms with E-state index >= 15 is 0 Å². The van der Waals surface area contributed by atoms with Crippen molar-refractivity contribution in [1.82, 2.24) is 4.31 Å². The highest BCUT2D eigenvalue weighted by atomic mass is 32.2. The molecule has 0 spiro atoms. The molecule has 0 unspecified atom stereocenters. The van der Waals surface area contributed by atoms with Crippen LogP contribution in [0.4, 0.5) is 0 Å². The van der Waals surface area contributed by atoms with Crippen LogP contribution < -0.4 is 9.47 Å². The number of rotatable bonds is 5. The van der Waals surface area contributed by atoms with Gasteiger partial charge in [0.05, 0.1) is 11.5 Å². The van der Waals surface area contributed by atoms with E-state index in [1.54, 1.807) is 13.0 Å². The minimum Gasteiger partial charge on any atom is -0.486 e. The maximum Gasteiger partial charge on any atom is 0.243 e. The van der Waals surface area contributed by atoms with Crippen molar-refractivity contribution in [2.24, 2.45) is 0 Å². The Balaban J connectivity index is 2.35. The van der Waals surface area contributed by atoms with E-state index in [0.717, 1.165) is 0 Å². The van der Waals surface area contributed by atoms with Crippen molar-refractivity contribution in [2.75, 3.05) is 32.9 Å². The second-order valence-corrected chi connectivity index (χ2v) is 5.96. The SMILES string of the molecule is CCN(CCO)S(=O)(=O)c1ccc2c(c1)OCCO2. The Kier molecular flexibility index (Phi) is 4.28. The highest BCUT2D eigenvalue weighted by Gasteiger charge is 2.24. The summed E-state index contributed by atoms with van der Waals surface area (Å²) in [4.78, 5) is 0.145. The largest absolute Gasteiger partial charge is 0.486 e. The number of likely N-dealkylation sites (N-methyl/N-ethyl adjacent to an activating group) is 1. The van der Waals surface area contributed by atoms with Gasteiger partial charge in [-0.25, -0.2) is 8.42 Å². The predicted molar refractivity (Wildman–Crippen MR) is 69.0 cm³/mol. The number of nitrogens with zero attached hydrogens (tertiary/aromatic N) is 1. The third kappa shape index (κ3) is 2.83. The van der Waals surface area contributed by atoms with Gasteiger partial charge in [-0.3, -0.25) is 0 Å². The first kappa shape index (κ1) is 14.1. The highest BCUT2D eigenvalue weighted by Crippen LogP contribution is 2.33. The molecular formula is C12H17NO5S. The van der Waals surface area contributed by atoms with E-state index < -0.39 is 10.0 Å². The van der Waals surface area contributed by atoms with E-state index in [1.165, 1.54) is 16.4 Å². The van der Waals surface area contributed by atoms with Gasteiger partial charge in [0.15, 0.2) is 11.5 Å². The Bertz CT molecular complexity index is 543. The third-order valence-corrected chi connectivity index (χ3v) is 4.82. The lowest BCUT2D eigenvalue weighted by Gasteiger charge is -2.22. The maximum atomic E-state index is 12.4. The molecule has 1 aliphatic heterocycles. The quantitative estimate of drug-likeness (QED) is 0.851. The average Bonchev–Trinajstić information content (AvgIpc) is 2.44. The summed E-state index contributed by atoms with van der Waals surface area (Å²) in [5, 5.41) is 8.92. The highest BCUT2D eigenvalue weighted by molar-refractivity contribution is 7.89. The fraction of sp³-hybridized carbons (Fsp3) is 0.500. The lowest BCUT2D eigenvalue weighted by Crippen LogP contribution is -2.33. The molecule has 7 heteroatoms. The molecule has 19 heavy (non-hydrogen) atoms. The second-order valence-electron chi connectivity index (χ2n) is 4.03. The fourth-order valence-corrected chi connectivity index (χ4v) is 3.35. The van der Waals surface area contributed by atoms with Gasteiger partial charge >= 0.3 is 0 Å². The van der Waals surface area contributed by atoms with Crippen molar-refractivity contribution in [2.45, 2.75) is 11.8 Å². The van der Waals surface area contributed by atoms with Gasteiger partial charge in [-0.05, 0) is 12.1 Å². The minimum absolute atomic E-state index is 0.0767. The molecule has 1 heterocycles. The summed E-state index contributed by atoms with van der Waals surface area (Å²) in [6, 6.07) is 4.54. The number of ether oxygens (including phenoxy) is 2. The summed E-state index contributed by atoms with van der Waals surface area (Å²) in [6.45, 7) is 2.77. The molecule has 1 aliphatic rings. The van der Waals surface area contributed by atoms with Crippen LogP contribution in [0.3, 0.4) is 0 Å². The Morgan fingerprint density at radius 1 is 1.26 bits per heavy atom. The molecule has 1 aromatic rings. The minimum atomic E-state index is -3.61. The van der Waals surface area contributed by atoms with E-state index in [1.807, 2.05) is 0 Å². The topological polar surface area (TPSA) is 76.1 Å². The third-order valence-electron chi connectivity index (χ3n) is 2.85. The first-order valence-corrected chi connectivity index (χ1v) is 7.54. The van der Waals surface area contributed by atoms with Crippen molar-refractivity contribution in [3.05, 3.63) is 18.2 Å². The van der Waals surface area contributed by atoms with Crippen molar-refractivity contribution >= 4 is 10.0 Å². The number of fused-ring (bicyclic) bond motifs is 1. The number of hydrogen-bond donors (Lipinski definition) is 1. The molecule has 0 amide bonds. The van der Waals surface area contributed by atoms with Crippen LogP contribution in [0, 0.1) is 0 Å². The molecule has 0 fully saturated rings. The summed E-state index contributed by atoms with van der Waals surface area (Å²) < 4.78 is 36.7. The van der Waals surface area contributed by atoms with Crippen LogP contribution in [-0.2, 0) is 10.0 Å². The van der Waals surface area contributed by atoms with E-state index in [4.69, 9.17) is 14.6 Å². The van der Waals surface area contributed by atoms with Crippen LogP contribution in [0.25, 0.3) is 0 Å². The van der Waals surface area contributed by atoms with Gasteiger partial charge in [-0.15, -0.1) is 0 Å².